The maximum absolute atomic E-state index is 12.1. The molecule has 1 heterocycles. The molecule has 9 heteroatoms. The zero-order valence-electron chi connectivity index (χ0n) is 15.0. The van der Waals surface area contributed by atoms with Crippen molar-refractivity contribution in [3.63, 3.8) is 0 Å². The van der Waals surface area contributed by atoms with Crippen LogP contribution in [-0.4, -0.2) is 30.5 Å². The van der Waals surface area contributed by atoms with Crippen molar-refractivity contribution >= 4 is 35.2 Å². The molecule has 0 unspecified atom stereocenters. The summed E-state index contributed by atoms with van der Waals surface area (Å²) in [6, 6.07) is 8.83. The molecule has 2 aromatic rings. The van der Waals surface area contributed by atoms with Gasteiger partial charge in [0.15, 0.2) is 17.2 Å². The number of benzene rings is 2. The molecule has 0 amide bonds. The predicted molar refractivity (Wildman–Crippen MR) is 103 cm³/mol. The molecule has 1 aliphatic heterocycles. The average molecular weight is 403 g/mol. The molecule has 0 saturated carbocycles. The van der Waals surface area contributed by atoms with E-state index in [4.69, 9.17) is 25.8 Å². The molecule has 0 N–H and O–H groups in total. The van der Waals surface area contributed by atoms with Crippen molar-refractivity contribution in [1.29, 1.82) is 0 Å². The first kappa shape index (κ1) is 19.4. The topological polar surface area (TPSA) is 100 Å². The molecule has 8 nitrogen and oxygen atoms in total. The molecule has 0 spiro atoms. The summed E-state index contributed by atoms with van der Waals surface area (Å²) in [4.78, 5) is 26.5. The van der Waals surface area contributed by atoms with Crippen LogP contribution in [0.5, 0.6) is 11.5 Å². The third kappa shape index (κ3) is 3.96. The highest BCUT2D eigenvalue weighted by Gasteiger charge is 2.25. The van der Waals surface area contributed by atoms with Gasteiger partial charge in [-0.3, -0.25) is 10.1 Å². The largest absolute Gasteiger partial charge is 0.493 e. The SMILES string of the molecule is CCOc1c(Cl)cc(/C=C2\N=C(c3ccc([N+](=O)[O-])cc3)OC2=O)cc1OC. The van der Waals surface area contributed by atoms with Crippen LogP contribution >= 0.6 is 11.6 Å². The fourth-order valence-electron chi connectivity index (χ4n) is 2.52. The molecule has 0 fully saturated rings. The predicted octanol–water partition coefficient (Wildman–Crippen LogP) is 4.00. The minimum atomic E-state index is -0.641. The number of nitrogens with zero attached hydrogens (tertiary/aromatic N) is 2. The van der Waals surface area contributed by atoms with Gasteiger partial charge in [0.1, 0.15) is 0 Å². The van der Waals surface area contributed by atoms with E-state index in [0.717, 1.165) is 0 Å². The van der Waals surface area contributed by atoms with Gasteiger partial charge >= 0.3 is 5.97 Å². The molecule has 1 aliphatic rings. The molecule has 3 rings (SSSR count). The maximum Gasteiger partial charge on any atom is 0.363 e. The normalized spacial score (nSPS) is 14.6. The third-order valence-electron chi connectivity index (χ3n) is 3.79. The van der Waals surface area contributed by atoms with Gasteiger partial charge < -0.3 is 14.2 Å². The molecule has 144 valence electrons. The van der Waals surface area contributed by atoms with Gasteiger partial charge in [-0.1, -0.05) is 11.6 Å². The second-order valence-corrected chi connectivity index (χ2v) is 6.01. The Morgan fingerprint density at radius 2 is 2.00 bits per heavy atom. The van der Waals surface area contributed by atoms with Crippen molar-refractivity contribution in [1.82, 2.24) is 0 Å². The van der Waals surface area contributed by atoms with E-state index in [1.165, 1.54) is 37.5 Å². The Hall–Kier alpha value is -3.39. The number of non-ortho nitro benzene ring substituents is 1. The Labute approximate surface area is 165 Å². The Bertz CT molecular complexity index is 998. The molecule has 28 heavy (non-hydrogen) atoms. The van der Waals surface area contributed by atoms with E-state index < -0.39 is 10.9 Å². The number of hydrogen-bond donors (Lipinski definition) is 0. The highest BCUT2D eigenvalue weighted by Crippen LogP contribution is 2.37. The summed E-state index contributed by atoms with van der Waals surface area (Å²) in [7, 11) is 1.49. The van der Waals surface area contributed by atoms with Crippen LogP contribution in [0.2, 0.25) is 5.02 Å². The zero-order chi connectivity index (χ0) is 20.3. The highest BCUT2D eigenvalue weighted by atomic mass is 35.5. The fourth-order valence-corrected chi connectivity index (χ4v) is 2.80. The van der Waals surface area contributed by atoms with Gasteiger partial charge in [-0.15, -0.1) is 0 Å². The Kier molecular flexibility index (Phi) is 5.60. The lowest BCUT2D eigenvalue weighted by atomic mass is 10.1. The zero-order valence-corrected chi connectivity index (χ0v) is 15.7. The molecule has 0 saturated heterocycles. The lowest BCUT2D eigenvalue weighted by molar-refractivity contribution is -0.384. The Morgan fingerprint density at radius 3 is 2.61 bits per heavy atom. The van der Waals surface area contributed by atoms with Gasteiger partial charge in [-0.2, -0.15) is 0 Å². The Balaban J connectivity index is 1.93. The minimum absolute atomic E-state index is 0.0650. The number of ether oxygens (including phenoxy) is 3. The number of methoxy groups -OCH3 is 1. The van der Waals surface area contributed by atoms with Crippen LogP contribution in [0.1, 0.15) is 18.1 Å². The van der Waals surface area contributed by atoms with E-state index in [9.17, 15) is 14.9 Å². The number of hydrogen-bond acceptors (Lipinski definition) is 7. The van der Waals surface area contributed by atoms with Gasteiger partial charge in [0.25, 0.3) is 5.69 Å². The second kappa shape index (κ2) is 8.10. The number of carbonyl (C=O) groups excluding carboxylic acids is 1. The van der Waals surface area contributed by atoms with Crippen LogP contribution in [0, 0.1) is 10.1 Å². The number of rotatable bonds is 6. The number of halogens is 1. The van der Waals surface area contributed by atoms with Gasteiger partial charge in [-0.25, -0.2) is 9.79 Å². The number of nitro groups is 1. The smallest absolute Gasteiger partial charge is 0.363 e. The van der Waals surface area contributed by atoms with E-state index in [1.807, 2.05) is 6.92 Å². The number of carbonyl (C=O) groups is 1. The van der Waals surface area contributed by atoms with Crippen molar-refractivity contribution in [3.05, 3.63) is 68.4 Å². The molecular formula is C19H15ClN2O6. The summed E-state index contributed by atoms with van der Waals surface area (Å²) in [6.07, 6.45) is 1.50. The highest BCUT2D eigenvalue weighted by molar-refractivity contribution is 6.32. The lowest BCUT2D eigenvalue weighted by Crippen LogP contribution is -2.05. The lowest BCUT2D eigenvalue weighted by Gasteiger charge is -2.11. The van der Waals surface area contributed by atoms with Gasteiger partial charge in [-0.05, 0) is 42.8 Å². The van der Waals surface area contributed by atoms with E-state index in [1.54, 1.807) is 12.1 Å². The summed E-state index contributed by atoms with van der Waals surface area (Å²) in [6.45, 7) is 2.25. The maximum atomic E-state index is 12.1. The first-order valence-electron chi connectivity index (χ1n) is 8.20. The molecule has 0 aromatic heterocycles. The van der Waals surface area contributed by atoms with Crippen LogP contribution in [0.15, 0.2) is 47.1 Å². The van der Waals surface area contributed by atoms with E-state index in [2.05, 4.69) is 4.99 Å². The average Bonchev–Trinajstić information content (AvgIpc) is 3.04. The summed E-state index contributed by atoms with van der Waals surface area (Å²) >= 11 is 6.24. The van der Waals surface area contributed by atoms with Gasteiger partial charge in [0.05, 0.1) is 23.7 Å². The Morgan fingerprint density at radius 1 is 1.29 bits per heavy atom. The van der Waals surface area contributed by atoms with Crippen LogP contribution in [0.25, 0.3) is 6.08 Å². The minimum Gasteiger partial charge on any atom is -0.493 e. The van der Waals surface area contributed by atoms with Crippen molar-refractivity contribution < 1.29 is 23.9 Å². The quantitative estimate of drug-likeness (QED) is 0.313. The van der Waals surface area contributed by atoms with E-state index in [0.29, 0.717) is 34.3 Å². The first-order valence-corrected chi connectivity index (χ1v) is 8.58. The fraction of sp³-hybridized carbons (Fsp3) is 0.158. The van der Waals surface area contributed by atoms with Crippen LogP contribution in [0.4, 0.5) is 5.69 Å². The van der Waals surface area contributed by atoms with Crippen molar-refractivity contribution in [2.75, 3.05) is 13.7 Å². The molecule has 0 bridgehead atoms. The molecule has 0 aliphatic carbocycles. The number of cyclic esters (lactones) is 1. The summed E-state index contributed by atoms with van der Waals surface area (Å²) in [5.41, 5.74) is 1.02. The van der Waals surface area contributed by atoms with Crippen LogP contribution in [-0.2, 0) is 9.53 Å². The molecule has 2 aromatic carbocycles. The second-order valence-electron chi connectivity index (χ2n) is 5.61. The third-order valence-corrected chi connectivity index (χ3v) is 4.07. The monoisotopic (exact) mass is 402 g/mol. The van der Waals surface area contributed by atoms with Crippen molar-refractivity contribution in [2.24, 2.45) is 4.99 Å². The molecule has 0 atom stereocenters. The van der Waals surface area contributed by atoms with Crippen LogP contribution in [0.3, 0.4) is 0 Å². The van der Waals surface area contributed by atoms with Crippen LogP contribution < -0.4 is 9.47 Å². The summed E-state index contributed by atoms with van der Waals surface area (Å²) in [5, 5.41) is 11.1. The summed E-state index contributed by atoms with van der Waals surface area (Å²) in [5.74, 6) is 0.262. The van der Waals surface area contributed by atoms with Crippen molar-refractivity contribution in [2.45, 2.75) is 6.92 Å². The summed E-state index contributed by atoms with van der Waals surface area (Å²) < 4.78 is 15.9. The standard InChI is InChI=1S/C19H15ClN2O6/c1-3-27-17-14(20)8-11(10-16(17)26-2)9-15-19(23)28-18(21-15)12-4-6-13(7-5-12)22(24)25/h4-10H,3H2,1-2H3/b15-9-. The number of nitro benzene ring substituents is 1. The van der Waals surface area contributed by atoms with E-state index >= 15 is 0 Å². The van der Waals surface area contributed by atoms with Crippen molar-refractivity contribution in [3.8, 4) is 11.5 Å². The molecule has 0 radical (unpaired) electrons. The van der Waals surface area contributed by atoms with Gasteiger partial charge in [0.2, 0.25) is 5.90 Å². The number of aliphatic imine (C=N–C) groups is 1. The van der Waals surface area contributed by atoms with Gasteiger partial charge in [0, 0.05) is 17.7 Å². The molecular weight excluding hydrogens is 388 g/mol. The number of esters is 1. The first-order chi connectivity index (χ1) is 13.4. The van der Waals surface area contributed by atoms with E-state index in [-0.39, 0.29) is 17.3 Å².